The monoisotopic (exact) mass is 376 g/mol. The van der Waals surface area contributed by atoms with Crippen molar-refractivity contribution >= 4 is 21.7 Å². The Bertz CT molecular complexity index is 895. The Morgan fingerprint density at radius 2 is 2.15 bits per heavy atom. The molecule has 8 nitrogen and oxygen atoms in total. The van der Waals surface area contributed by atoms with Gasteiger partial charge < -0.3 is 15.8 Å². The van der Waals surface area contributed by atoms with Crippen LogP contribution in [0.1, 0.15) is 22.3 Å². The van der Waals surface area contributed by atoms with E-state index >= 15 is 0 Å². The fourth-order valence-corrected chi connectivity index (χ4v) is 3.63. The highest BCUT2D eigenvalue weighted by Crippen LogP contribution is 2.14. The van der Waals surface area contributed by atoms with E-state index in [0.29, 0.717) is 18.8 Å². The van der Waals surface area contributed by atoms with Crippen molar-refractivity contribution in [1.29, 1.82) is 0 Å². The van der Waals surface area contributed by atoms with Crippen molar-refractivity contribution in [3.63, 3.8) is 0 Å². The van der Waals surface area contributed by atoms with Crippen molar-refractivity contribution in [3.8, 4) is 0 Å². The molecule has 3 rings (SSSR count). The molecule has 26 heavy (non-hydrogen) atoms. The van der Waals surface area contributed by atoms with E-state index in [0.717, 1.165) is 6.42 Å². The number of nitrogen functional groups attached to an aromatic ring is 1. The third kappa shape index (κ3) is 4.37. The van der Waals surface area contributed by atoms with Crippen LogP contribution in [-0.4, -0.2) is 38.6 Å². The highest BCUT2D eigenvalue weighted by Gasteiger charge is 2.20. The standard InChI is InChI=1S/C17H20N4O4S/c18-16-13(4-2-7-19-16)10-20-26(23,24)15-5-1-3-12(9-15)17(22)21-14-6-8-25-11-14/h1-5,7,9,14,20H,6,8,10-11H2,(H2,18,19)(H,21,22). The first-order valence-corrected chi connectivity index (χ1v) is 9.62. The molecule has 1 fully saturated rings. The predicted octanol–water partition coefficient (Wildman–Crippen LogP) is 0.661. The lowest BCUT2D eigenvalue weighted by Crippen LogP contribution is -2.35. The number of amides is 1. The number of benzene rings is 1. The van der Waals surface area contributed by atoms with Crippen LogP contribution in [0.2, 0.25) is 0 Å². The van der Waals surface area contributed by atoms with Crippen LogP contribution in [0.15, 0.2) is 47.5 Å². The second-order valence-electron chi connectivity index (χ2n) is 5.93. The SMILES string of the molecule is Nc1ncccc1CNS(=O)(=O)c1cccc(C(=O)NC2CCOC2)c1. The Morgan fingerprint density at radius 1 is 1.31 bits per heavy atom. The van der Waals surface area contributed by atoms with Gasteiger partial charge in [-0.05, 0) is 30.7 Å². The van der Waals surface area contributed by atoms with Gasteiger partial charge in [0.25, 0.3) is 5.91 Å². The van der Waals surface area contributed by atoms with E-state index < -0.39 is 10.0 Å². The lowest BCUT2D eigenvalue weighted by Gasteiger charge is -2.12. The fraction of sp³-hybridized carbons (Fsp3) is 0.294. The zero-order valence-corrected chi connectivity index (χ0v) is 14.8. The van der Waals surface area contributed by atoms with Gasteiger partial charge in [-0.2, -0.15) is 0 Å². The first-order valence-electron chi connectivity index (χ1n) is 8.13. The smallest absolute Gasteiger partial charge is 0.251 e. The highest BCUT2D eigenvalue weighted by molar-refractivity contribution is 7.89. The molecule has 1 atom stereocenters. The quantitative estimate of drug-likeness (QED) is 0.680. The van der Waals surface area contributed by atoms with Crippen LogP contribution in [0.25, 0.3) is 0 Å². The topological polar surface area (TPSA) is 123 Å². The lowest BCUT2D eigenvalue weighted by molar-refractivity contribution is 0.0929. The Balaban J connectivity index is 1.71. The van der Waals surface area contributed by atoms with Crippen molar-refractivity contribution in [1.82, 2.24) is 15.0 Å². The van der Waals surface area contributed by atoms with Crippen molar-refractivity contribution in [2.24, 2.45) is 0 Å². The number of ether oxygens (including phenoxy) is 1. The number of pyridine rings is 1. The number of rotatable bonds is 6. The Morgan fingerprint density at radius 3 is 2.88 bits per heavy atom. The number of carbonyl (C=O) groups is 1. The third-order valence-electron chi connectivity index (χ3n) is 4.05. The van der Waals surface area contributed by atoms with Crippen molar-refractivity contribution in [3.05, 3.63) is 53.7 Å². The maximum Gasteiger partial charge on any atom is 0.251 e. The molecule has 0 saturated carbocycles. The highest BCUT2D eigenvalue weighted by atomic mass is 32.2. The van der Waals surface area contributed by atoms with Crippen LogP contribution in [0.3, 0.4) is 0 Å². The molecule has 0 bridgehead atoms. The van der Waals surface area contributed by atoms with E-state index in [-0.39, 0.29) is 34.8 Å². The Kier molecular flexibility index (Phi) is 5.50. The molecule has 0 radical (unpaired) electrons. The van der Waals surface area contributed by atoms with E-state index in [9.17, 15) is 13.2 Å². The minimum atomic E-state index is -3.80. The molecule has 1 aromatic carbocycles. The second kappa shape index (κ2) is 7.81. The summed E-state index contributed by atoms with van der Waals surface area (Å²) in [4.78, 5) is 16.2. The maximum atomic E-state index is 12.5. The van der Waals surface area contributed by atoms with Gasteiger partial charge in [0.2, 0.25) is 10.0 Å². The van der Waals surface area contributed by atoms with Crippen molar-refractivity contribution in [2.75, 3.05) is 18.9 Å². The van der Waals surface area contributed by atoms with Gasteiger partial charge in [0.1, 0.15) is 5.82 Å². The van der Waals surface area contributed by atoms with Gasteiger partial charge in [-0.1, -0.05) is 12.1 Å². The molecule has 9 heteroatoms. The molecule has 1 aliphatic rings. The van der Waals surface area contributed by atoms with Gasteiger partial charge in [-0.3, -0.25) is 4.79 Å². The number of nitrogens with one attached hydrogen (secondary N) is 2. The van der Waals surface area contributed by atoms with Gasteiger partial charge in [-0.15, -0.1) is 0 Å². The van der Waals surface area contributed by atoms with Crippen LogP contribution in [0.5, 0.6) is 0 Å². The number of sulfonamides is 1. The van der Waals surface area contributed by atoms with Crippen molar-refractivity contribution < 1.29 is 17.9 Å². The van der Waals surface area contributed by atoms with E-state index in [1.807, 2.05) is 0 Å². The Labute approximate surface area is 151 Å². The van der Waals surface area contributed by atoms with Gasteiger partial charge in [-0.25, -0.2) is 18.1 Å². The summed E-state index contributed by atoms with van der Waals surface area (Å²) in [7, 11) is -3.80. The molecule has 2 aromatic rings. The molecular formula is C17H20N4O4S. The molecule has 1 aromatic heterocycles. The molecule has 1 aliphatic heterocycles. The molecule has 4 N–H and O–H groups in total. The van der Waals surface area contributed by atoms with Crippen LogP contribution < -0.4 is 15.8 Å². The maximum absolute atomic E-state index is 12.5. The second-order valence-corrected chi connectivity index (χ2v) is 7.70. The minimum Gasteiger partial charge on any atom is -0.383 e. The first kappa shape index (κ1) is 18.3. The molecule has 138 valence electrons. The number of hydrogen-bond acceptors (Lipinski definition) is 6. The minimum absolute atomic E-state index is 0.00952. The number of nitrogens with two attached hydrogens (primary N) is 1. The van der Waals surface area contributed by atoms with Crippen LogP contribution >= 0.6 is 0 Å². The molecule has 1 unspecified atom stereocenters. The fourth-order valence-electron chi connectivity index (χ4n) is 2.58. The van der Waals surface area contributed by atoms with E-state index in [1.165, 1.54) is 24.4 Å². The van der Waals surface area contributed by atoms with Gasteiger partial charge in [0.05, 0.1) is 17.5 Å². The van der Waals surface area contributed by atoms with E-state index in [1.54, 1.807) is 18.2 Å². The van der Waals surface area contributed by atoms with Gasteiger partial charge in [0, 0.05) is 30.5 Å². The van der Waals surface area contributed by atoms with Gasteiger partial charge >= 0.3 is 0 Å². The van der Waals surface area contributed by atoms with Crippen LogP contribution in [-0.2, 0) is 21.3 Å². The predicted molar refractivity (Wildman–Crippen MR) is 95.8 cm³/mol. The third-order valence-corrected chi connectivity index (χ3v) is 5.45. The average molecular weight is 376 g/mol. The number of nitrogens with zero attached hydrogens (tertiary/aromatic N) is 1. The largest absolute Gasteiger partial charge is 0.383 e. The summed E-state index contributed by atoms with van der Waals surface area (Å²) in [5, 5.41) is 2.84. The molecule has 2 heterocycles. The summed E-state index contributed by atoms with van der Waals surface area (Å²) in [6.45, 7) is 1.09. The number of hydrogen-bond donors (Lipinski definition) is 3. The summed E-state index contributed by atoms with van der Waals surface area (Å²) in [5.41, 5.74) is 6.57. The molecular weight excluding hydrogens is 356 g/mol. The summed E-state index contributed by atoms with van der Waals surface area (Å²) in [5.74, 6) is -0.0591. The first-order chi connectivity index (χ1) is 12.5. The zero-order chi connectivity index (χ0) is 18.6. The van der Waals surface area contributed by atoms with E-state index in [4.69, 9.17) is 10.5 Å². The number of anilines is 1. The normalized spacial score (nSPS) is 17.2. The summed E-state index contributed by atoms with van der Waals surface area (Å²) in [6, 6.07) is 9.21. The average Bonchev–Trinajstić information content (AvgIpc) is 3.14. The number of aromatic nitrogens is 1. The lowest BCUT2D eigenvalue weighted by atomic mass is 10.2. The molecule has 0 aliphatic carbocycles. The summed E-state index contributed by atoms with van der Waals surface area (Å²) in [6.07, 6.45) is 2.28. The van der Waals surface area contributed by atoms with Crippen LogP contribution in [0.4, 0.5) is 5.82 Å². The van der Waals surface area contributed by atoms with E-state index in [2.05, 4.69) is 15.0 Å². The van der Waals surface area contributed by atoms with Gasteiger partial charge in [0.15, 0.2) is 0 Å². The summed E-state index contributed by atoms with van der Waals surface area (Å²) >= 11 is 0. The number of carbonyl (C=O) groups excluding carboxylic acids is 1. The zero-order valence-electron chi connectivity index (χ0n) is 14.0. The van der Waals surface area contributed by atoms with Crippen LogP contribution in [0, 0.1) is 0 Å². The molecule has 0 spiro atoms. The molecule has 1 saturated heterocycles. The molecule has 1 amide bonds. The Hall–Kier alpha value is -2.49. The van der Waals surface area contributed by atoms with Crippen molar-refractivity contribution in [2.45, 2.75) is 23.9 Å². The summed E-state index contributed by atoms with van der Waals surface area (Å²) < 4.78 is 32.7.